The summed E-state index contributed by atoms with van der Waals surface area (Å²) in [5, 5.41) is 4.22. The fourth-order valence-electron chi connectivity index (χ4n) is 5.72. The maximum Gasteiger partial charge on any atom is 0.274 e. The number of nitrogens with zero attached hydrogens (tertiary/aromatic N) is 4. The molecule has 0 radical (unpaired) electrons. The molecule has 170 valence electrons. The van der Waals surface area contributed by atoms with Crippen LogP contribution >= 0.6 is 0 Å². The number of hydrogen-bond acceptors (Lipinski definition) is 5. The van der Waals surface area contributed by atoms with E-state index in [1.165, 1.54) is 28.3 Å². The quantitative estimate of drug-likeness (QED) is 0.736. The molecule has 5 rings (SSSR count). The second-order valence-electron chi connectivity index (χ2n) is 9.39. The van der Waals surface area contributed by atoms with Crippen molar-refractivity contribution in [1.82, 2.24) is 19.6 Å². The van der Waals surface area contributed by atoms with Gasteiger partial charge >= 0.3 is 0 Å². The highest BCUT2D eigenvalue weighted by atomic mass is 16.5. The number of rotatable bonds is 4. The number of aromatic nitrogens is 2. The van der Waals surface area contributed by atoms with Crippen LogP contribution in [0.4, 0.5) is 0 Å². The summed E-state index contributed by atoms with van der Waals surface area (Å²) in [6.45, 7) is 5.30. The van der Waals surface area contributed by atoms with Gasteiger partial charge in [0.25, 0.3) is 11.5 Å². The summed E-state index contributed by atoms with van der Waals surface area (Å²) in [5.41, 5.74) is 2.82. The molecule has 1 aliphatic carbocycles. The minimum absolute atomic E-state index is 0.0519. The molecule has 2 aliphatic heterocycles. The maximum absolute atomic E-state index is 13.4. The first-order valence-corrected chi connectivity index (χ1v) is 11.8. The van der Waals surface area contributed by atoms with Crippen LogP contribution in [0.15, 0.2) is 41.2 Å². The van der Waals surface area contributed by atoms with Crippen molar-refractivity contribution in [2.24, 2.45) is 13.0 Å². The Kier molecular flexibility index (Phi) is 6.11. The molecule has 32 heavy (non-hydrogen) atoms. The molecule has 0 bridgehead atoms. The Morgan fingerprint density at radius 3 is 2.56 bits per heavy atom. The molecule has 7 nitrogen and oxygen atoms in total. The summed E-state index contributed by atoms with van der Waals surface area (Å²) < 4.78 is 6.70. The molecule has 3 atom stereocenters. The molecule has 0 unspecified atom stereocenters. The smallest absolute Gasteiger partial charge is 0.274 e. The third kappa shape index (κ3) is 4.24. The monoisotopic (exact) mass is 436 g/mol. The Bertz CT molecular complexity index is 1010. The molecule has 0 spiro atoms. The molecule has 2 saturated heterocycles. The van der Waals surface area contributed by atoms with Gasteiger partial charge in [-0.05, 0) is 36.0 Å². The van der Waals surface area contributed by atoms with E-state index in [0.717, 1.165) is 58.7 Å². The topological polar surface area (TPSA) is 67.7 Å². The number of fused-ring (bicyclic) bond motifs is 1. The van der Waals surface area contributed by atoms with Crippen LogP contribution in [0.3, 0.4) is 0 Å². The molecule has 2 aromatic rings. The average molecular weight is 437 g/mol. The van der Waals surface area contributed by atoms with Gasteiger partial charge in [-0.2, -0.15) is 5.10 Å². The molecular weight excluding hydrogens is 404 g/mol. The second kappa shape index (κ2) is 9.16. The summed E-state index contributed by atoms with van der Waals surface area (Å²) in [5.74, 6) is 0.795. The first-order chi connectivity index (χ1) is 15.6. The molecule has 1 aromatic heterocycles. The van der Waals surface area contributed by atoms with E-state index in [9.17, 15) is 9.59 Å². The van der Waals surface area contributed by atoms with E-state index in [2.05, 4.69) is 34.3 Å². The predicted octanol–water partition coefficient (Wildman–Crippen LogP) is 2.41. The van der Waals surface area contributed by atoms with Gasteiger partial charge in [-0.25, -0.2) is 4.68 Å². The van der Waals surface area contributed by atoms with Gasteiger partial charge in [-0.15, -0.1) is 0 Å². The highest BCUT2D eigenvalue weighted by Crippen LogP contribution is 2.45. The lowest BCUT2D eigenvalue weighted by atomic mass is 9.77. The van der Waals surface area contributed by atoms with E-state index in [4.69, 9.17) is 4.74 Å². The maximum atomic E-state index is 13.4. The standard InChI is InChI=1S/C25H32N4O3/c1-27-24(30)11-10-22(26-27)25(31)29-17-21(20-4-2-3-5-23(20)29)19-8-6-18(7-9-19)16-28-12-14-32-15-13-28/h6-11,20-21,23H,2-5,12-17H2,1H3/t20-,21-,23-/m1/s1. The van der Waals surface area contributed by atoms with Gasteiger partial charge in [0.1, 0.15) is 5.69 Å². The lowest BCUT2D eigenvalue weighted by Gasteiger charge is -2.32. The third-order valence-electron chi connectivity index (χ3n) is 7.45. The number of carbonyl (C=O) groups is 1. The number of amides is 1. The van der Waals surface area contributed by atoms with Gasteiger partial charge in [-0.1, -0.05) is 37.1 Å². The van der Waals surface area contributed by atoms with Crippen LogP contribution in [0.5, 0.6) is 0 Å². The van der Waals surface area contributed by atoms with Gasteiger partial charge in [0.05, 0.1) is 13.2 Å². The van der Waals surface area contributed by atoms with Gasteiger partial charge in [0.2, 0.25) is 0 Å². The Balaban J connectivity index is 1.34. The zero-order valence-electron chi connectivity index (χ0n) is 18.8. The van der Waals surface area contributed by atoms with Crippen LogP contribution in [-0.4, -0.2) is 64.4 Å². The van der Waals surface area contributed by atoms with E-state index in [-0.39, 0.29) is 17.5 Å². The number of ether oxygens (including phenoxy) is 1. The van der Waals surface area contributed by atoms with E-state index in [1.54, 1.807) is 13.1 Å². The summed E-state index contributed by atoms with van der Waals surface area (Å²) in [7, 11) is 1.59. The molecule has 1 aromatic carbocycles. The Morgan fingerprint density at radius 2 is 1.81 bits per heavy atom. The van der Waals surface area contributed by atoms with Crippen LogP contribution < -0.4 is 5.56 Å². The van der Waals surface area contributed by atoms with Crippen molar-refractivity contribution in [3.8, 4) is 0 Å². The van der Waals surface area contributed by atoms with E-state index in [1.807, 2.05) is 4.90 Å². The zero-order chi connectivity index (χ0) is 22.1. The number of aryl methyl sites for hydroxylation is 1. The lowest BCUT2D eigenvalue weighted by Crippen LogP contribution is -2.40. The first-order valence-electron chi connectivity index (χ1n) is 11.8. The SMILES string of the molecule is Cn1nc(C(=O)N2C[C@H](c3ccc(CN4CCOCC4)cc3)[C@H]3CCCC[C@H]32)ccc1=O. The average Bonchev–Trinajstić information content (AvgIpc) is 3.21. The van der Waals surface area contributed by atoms with E-state index >= 15 is 0 Å². The highest BCUT2D eigenvalue weighted by molar-refractivity contribution is 5.92. The van der Waals surface area contributed by atoms with Crippen molar-refractivity contribution in [3.63, 3.8) is 0 Å². The number of morpholine rings is 1. The fourth-order valence-corrected chi connectivity index (χ4v) is 5.72. The molecule has 7 heteroatoms. The molecule has 1 amide bonds. The molecule has 1 saturated carbocycles. The van der Waals surface area contributed by atoms with Gasteiger partial charge < -0.3 is 9.64 Å². The number of hydrogen-bond donors (Lipinski definition) is 0. The van der Waals surface area contributed by atoms with Crippen molar-refractivity contribution in [2.75, 3.05) is 32.8 Å². The first kappa shape index (κ1) is 21.3. The second-order valence-corrected chi connectivity index (χ2v) is 9.39. The van der Waals surface area contributed by atoms with Crippen LogP contribution in [0.1, 0.15) is 53.2 Å². The summed E-state index contributed by atoms with van der Waals surface area (Å²) >= 11 is 0. The van der Waals surface area contributed by atoms with Crippen LogP contribution in [0.2, 0.25) is 0 Å². The normalized spacial score (nSPS) is 26.2. The molecular formula is C25H32N4O3. The number of likely N-dealkylation sites (tertiary alicyclic amines) is 1. The molecule has 3 heterocycles. The number of benzene rings is 1. The molecule has 0 N–H and O–H groups in total. The van der Waals surface area contributed by atoms with Crippen molar-refractivity contribution in [2.45, 2.75) is 44.2 Å². The van der Waals surface area contributed by atoms with Crippen LogP contribution in [0.25, 0.3) is 0 Å². The fraction of sp³-hybridized carbons (Fsp3) is 0.560. The Morgan fingerprint density at radius 1 is 1.06 bits per heavy atom. The van der Waals surface area contributed by atoms with Crippen LogP contribution in [0, 0.1) is 5.92 Å². The predicted molar refractivity (Wildman–Crippen MR) is 122 cm³/mol. The van der Waals surface area contributed by atoms with Gasteiger partial charge in [0.15, 0.2) is 0 Å². The van der Waals surface area contributed by atoms with Crippen LogP contribution in [-0.2, 0) is 18.3 Å². The lowest BCUT2D eigenvalue weighted by molar-refractivity contribution is 0.0342. The highest BCUT2D eigenvalue weighted by Gasteiger charge is 2.45. The van der Waals surface area contributed by atoms with Gasteiger partial charge in [-0.3, -0.25) is 14.5 Å². The summed E-state index contributed by atoms with van der Waals surface area (Å²) in [6.07, 6.45) is 4.60. The zero-order valence-corrected chi connectivity index (χ0v) is 18.8. The minimum Gasteiger partial charge on any atom is -0.379 e. The summed E-state index contributed by atoms with van der Waals surface area (Å²) in [4.78, 5) is 29.5. The van der Waals surface area contributed by atoms with Gasteiger partial charge in [0, 0.05) is 51.3 Å². The van der Waals surface area contributed by atoms with Crippen molar-refractivity contribution in [1.29, 1.82) is 0 Å². The molecule has 3 aliphatic rings. The van der Waals surface area contributed by atoms with Crippen molar-refractivity contribution < 1.29 is 9.53 Å². The largest absolute Gasteiger partial charge is 0.379 e. The third-order valence-corrected chi connectivity index (χ3v) is 7.45. The summed E-state index contributed by atoms with van der Waals surface area (Å²) in [6, 6.07) is 12.3. The van der Waals surface area contributed by atoms with E-state index < -0.39 is 0 Å². The Hall–Kier alpha value is -2.51. The Labute approximate surface area is 189 Å². The minimum atomic E-state index is -0.200. The van der Waals surface area contributed by atoms with Crippen molar-refractivity contribution >= 4 is 5.91 Å². The van der Waals surface area contributed by atoms with E-state index in [0.29, 0.717) is 17.5 Å². The van der Waals surface area contributed by atoms with Crippen molar-refractivity contribution in [3.05, 3.63) is 63.6 Å². The number of carbonyl (C=O) groups excluding carboxylic acids is 1. The molecule has 3 fully saturated rings.